The summed E-state index contributed by atoms with van der Waals surface area (Å²) in [4.78, 5) is 0. The van der Waals surface area contributed by atoms with E-state index in [0.717, 1.165) is 0 Å². The van der Waals surface area contributed by atoms with Gasteiger partial charge in [0.1, 0.15) is 0 Å². The molecule has 2 unspecified atom stereocenters. The quantitative estimate of drug-likeness (QED) is 0.364. The standard InChI is InChI=1S/2C4H9.2C3H7O2.Sn/c2*1-3-4-2;2*1-3(4)5-2;/h2*1,3-4H2,2H3;2*3H,1-2H3;/q;;2*-1;+2. The van der Waals surface area contributed by atoms with Gasteiger partial charge in [-0.1, -0.05) is 13.8 Å². The van der Waals surface area contributed by atoms with Crippen LogP contribution in [0.4, 0.5) is 0 Å². The maximum Gasteiger partial charge on any atom is 0.0340 e. The second-order valence-corrected chi connectivity index (χ2v) is 8.34. The topological polar surface area (TPSA) is 64.6 Å². The third-order valence-electron chi connectivity index (χ3n) is 2.08. The van der Waals surface area contributed by atoms with Gasteiger partial charge in [-0.25, -0.2) is 0 Å². The SMILES string of the molecule is CCC[CH2][Sn+2][CH2]CCC.COC(C)[O-].COC(C)[O-]. The Balaban J connectivity index is -0.000000219. The Labute approximate surface area is 130 Å². The van der Waals surface area contributed by atoms with Gasteiger partial charge in [0.25, 0.3) is 0 Å². The monoisotopic (exact) mass is 384 g/mol. The van der Waals surface area contributed by atoms with Gasteiger partial charge in [-0.3, -0.25) is 0 Å². The number of hydrogen-bond donors (Lipinski definition) is 0. The van der Waals surface area contributed by atoms with Crippen LogP contribution in [0.1, 0.15) is 53.4 Å². The van der Waals surface area contributed by atoms with Gasteiger partial charge in [-0.05, 0) is 12.6 Å². The van der Waals surface area contributed by atoms with Crippen LogP contribution in [-0.4, -0.2) is 47.9 Å². The molecule has 4 nitrogen and oxygen atoms in total. The molecule has 116 valence electrons. The van der Waals surface area contributed by atoms with Crippen LogP contribution in [-0.2, 0) is 9.47 Å². The van der Waals surface area contributed by atoms with E-state index in [1.807, 2.05) is 0 Å². The zero-order valence-electron chi connectivity index (χ0n) is 13.5. The van der Waals surface area contributed by atoms with Crippen LogP contribution in [0.2, 0.25) is 8.87 Å². The van der Waals surface area contributed by atoms with Crippen molar-refractivity contribution in [2.24, 2.45) is 0 Å². The Bertz CT molecular complexity index is 119. The van der Waals surface area contributed by atoms with Gasteiger partial charge < -0.3 is 19.7 Å². The Morgan fingerprint density at radius 3 is 1.26 bits per heavy atom. The molecule has 0 aromatic rings. The van der Waals surface area contributed by atoms with Crippen molar-refractivity contribution in [2.45, 2.75) is 74.8 Å². The Kier molecular flexibility index (Phi) is 30.8. The number of methoxy groups -OCH3 is 2. The summed E-state index contributed by atoms with van der Waals surface area (Å²) in [5.41, 5.74) is 0. The maximum absolute atomic E-state index is 9.67. The number of ether oxygens (including phenoxy) is 2. The minimum atomic E-state index is -0.866. The molecule has 0 bridgehead atoms. The first kappa shape index (κ1) is 24.6. The molecule has 0 heterocycles. The summed E-state index contributed by atoms with van der Waals surface area (Å²) in [5.74, 6) is 0. The van der Waals surface area contributed by atoms with Crippen molar-refractivity contribution in [3.05, 3.63) is 0 Å². The van der Waals surface area contributed by atoms with Crippen molar-refractivity contribution < 1.29 is 19.7 Å². The second-order valence-electron chi connectivity index (χ2n) is 4.06. The molecule has 0 aromatic heterocycles. The van der Waals surface area contributed by atoms with Crippen molar-refractivity contribution in [1.29, 1.82) is 0 Å². The molecular weight excluding hydrogens is 351 g/mol. The van der Waals surface area contributed by atoms with Crippen molar-refractivity contribution in [3.63, 3.8) is 0 Å². The third kappa shape index (κ3) is 45.6. The molecule has 0 amide bonds. The fraction of sp³-hybridized carbons (Fsp3) is 1.00. The van der Waals surface area contributed by atoms with E-state index in [9.17, 15) is 10.2 Å². The predicted molar refractivity (Wildman–Crippen MR) is 78.1 cm³/mol. The zero-order chi connectivity index (χ0) is 15.5. The van der Waals surface area contributed by atoms with Crippen molar-refractivity contribution in [2.75, 3.05) is 14.2 Å². The molecule has 0 fully saturated rings. The average molecular weight is 383 g/mol. The van der Waals surface area contributed by atoms with E-state index < -0.39 is 12.6 Å². The summed E-state index contributed by atoms with van der Waals surface area (Å²) < 4.78 is 11.6. The van der Waals surface area contributed by atoms with Gasteiger partial charge in [0.05, 0.1) is 0 Å². The van der Waals surface area contributed by atoms with Crippen LogP contribution >= 0.6 is 0 Å². The van der Waals surface area contributed by atoms with Crippen LogP contribution in [0.5, 0.6) is 0 Å². The van der Waals surface area contributed by atoms with E-state index >= 15 is 0 Å². The second kappa shape index (κ2) is 23.7. The van der Waals surface area contributed by atoms with Gasteiger partial charge in [-0.2, -0.15) is 0 Å². The molecule has 0 aromatic carbocycles. The van der Waals surface area contributed by atoms with E-state index in [4.69, 9.17) is 0 Å². The molecule has 0 saturated heterocycles. The largest absolute Gasteiger partial charge is 0.831 e. The van der Waals surface area contributed by atoms with Crippen LogP contribution in [0.25, 0.3) is 0 Å². The fourth-order valence-electron chi connectivity index (χ4n) is 0.729. The minimum absolute atomic E-state index is 0.149. The first-order valence-corrected chi connectivity index (χ1v) is 11.1. The van der Waals surface area contributed by atoms with E-state index in [0.29, 0.717) is 0 Å². The molecule has 0 aliphatic rings. The molecule has 0 aliphatic carbocycles. The molecular formula is C14H32O4Sn. The maximum atomic E-state index is 9.67. The predicted octanol–water partition coefficient (Wildman–Crippen LogP) is 1.81. The molecule has 0 aliphatic heterocycles. The van der Waals surface area contributed by atoms with Gasteiger partial charge >= 0.3 is 69.5 Å². The summed E-state index contributed by atoms with van der Waals surface area (Å²) in [5, 5.41) is 19.3. The van der Waals surface area contributed by atoms with Gasteiger partial charge in [0, 0.05) is 14.2 Å². The molecule has 2 atom stereocenters. The first-order chi connectivity index (χ1) is 8.95. The molecule has 5 heteroatoms. The summed E-state index contributed by atoms with van der Waals surface area (Å²) in [7, 11) is 2.77. The van der Waals surface area contributed by atoms with E-state index in [1.165, 1.54) is 53.8 Å². The molecule has 0 radical (unpaired) electrons. The average Bonchev–Trinajstić information content (AvgIpc) is 2.40. The zero-order valence-corrected chi connectivity index (χ0v) is 16.4. The van der Waals surface area contributed by atoms with E-state index in [-0.39, 0.29) is 21.1 Å². The summed E-state index contributed by atoms with van der Waals surface area (Å²) in [6.45, 7) is 7.47. The normalized spacial score (nSPS) is 12.2. The number of unbranched alkanes of at least 4 members (excludes halogenated alkanes) is 2. The molecule has 0 spiro atoms. The molecule has 0 saturated carbocycles. The Morgan fingerprint density at radius 2 is 1.11 bits per heavy atom. The summed E-state index contributed by atoms with van der Waals surface area (Å²) in [6, 6.07) is 0. The number of rotatable bonds is 8. The Morgan fingerprint density at radius 1 is 0.842 bits per heavy atom. The smallest absolute Gasteiger partial charge is 0.0340 e. The van der Waals surface area contributed by atoms with Crippen LogP contribution < -0.4 is 10.2 Å². The number of hydrogen-bond acceptors (Lipinski definition) is 4. The van der Waals surface area contributed by atoms with Gasteiger partial charge in [-0.15, -0.1) is 0 Å². The molecule has 19 heavy (non-hydrogen) atoms. The molecule has 0 rings (SSSR count). The van der Waals surface area contributed by atoms with Crippen molar-refractivity contribution in [1.82, 2.24) is 0 Å². The molecule has 0 N–H and O–H groups in total. The van der Waals surface area contributed by atoms with Crippen LogP contribution in [0.15, 0.2) is 0 Å². The van der Waals surface area contributed by atoms with Gasteiger partial charge in [0.2, 0.25) is 0 Å². The summed E-state index contributed by atoms with van der Waals surface area (Å²) in [6.07, 6.45) is 4.11. The Hall–Kier alpha value is 0.639. The van der Waals surface area contributed by atoms with Crippen molar-refractivity contribution >= 4 is 21.1 Å². The van der Waals surface area contributed by atoms with E-state index in [1.54, 1.807) is 8.87 Å². The first-order valence-electron chi connectivity index (χ1n) is 7.04. The van der Waals surface area contributed by atoms with Crippen molar-refractivity contribution in [3.8, 4) is 0 Å². The third-order valence-corrected chi connectivity index (χ3v) is 6.11. The van der Waals surface area contributed by atoms with Crippen LogP contribution in [0.3, 0.4) is 0 Å². The van der Waals surface area contributed by atoms with E-state index in [2.05, 4.69) is 23.3 Å². The van der Waals surface area contributed by atoms with Crippen LogP contribution in [0, 0.1) is 0 Å². The fourth-order valence-corrected chi connectivity index (χ4v) is 4.89. The summed E-state index contributed by atoms with van der Waals surface area (Å²) >= 11 is 0.149. The minimum Gasteiger partial charge on any atom is -0.831 e. The van der Waals surface area contributed by atoms with Gasteiger partial charge in [0.15, 0.2) is 0 Å².